The van der Waals surface area contributed by atoms with Gasteiger partial charge in [0.25, 0.3) is 5.95 Å². The number of hydrogen-bond donors (Lipinski definition) is 2. The van der Waals surface area contributed by atoms with E-state index in [2.05, 4.69) is 40.6 Å². The topological polar surface area (TPSA) is 117 Å². The molecule has 0 spiro atoms. The molecule has 130 valence electrons. The average Bonchev–Trinajstić information content (AvgIpc) is 2.54. The predicted octanol–water partition coefficient (Wildman–Crippen LogP) is 0.680. The summed E-state index contributed by atoms with van der Waals surface area (Å²) >= 11 is 5.92. The van der Waals surface area contributed by atoms with Gasteiger partial charge in [-0.2, -0.15) is 29.9 Å². The summed E-state index contributed by atoms with van der Waals surface area (Å²) in [4.78, 5) is 26.6. The molecule has 2 aromatic rings. The minimum atomic E-state index is 0.0752. The molecule has 0 unspecified atom stereocenters. The molecule has 0 radical (unpaired) electrons. The first-order valence-corrected chi connectivity index (χ1v) is 7.44. The van der Waals surface area contributed by atoms with Crippen molar-refractivity contribution in [3.63, 3.8) is 0 Å². The summed E-state index contributed by atoms with van der Waals surface area (Å²) in [5.41, 5.74) is 2.94. The molecule has 0 aliphatic rings. The Bertz CT molecular complexity index is 698. The molecule has 24 heavy (non-hydrogen) atoms. The molecule has 0 atom stereocenters. The van der Waals surface area contributed by atoms with Crippen LogP contribution in [0.3, 0.4) is 0 Å². The number of nitrogens with zero attached hydrogens (tertiary/aromatic N) is 8. The first-order valence-electron chi connectivity index (χ1n) is 7.06. The van der Waals surface area contributed by atoms with Crippen LogP contribution in [0.1, 0.15) is 6.92 Å². The van der Waals surface area contributed by atoms with Crippen LogP contribution in [0.2, 0.25) is 5.28 Å². The summed E-state index contributed by atoms with van der Waals surface area (Å²) in [6.07, 6.45) is 0. The van der Waals surface area contributed by atoms with E-state index in [1.165, 1.54) is 12.1 Å². The van der Waals surface area contributed by atoms with Gasteiger partial charge in [0, 0.05) is 27.7 Å². The number of aromatic nitrogens is 6. The smallest absolute Gasteiger partial charge is 0.322 e. The molecule has 0 aliphatic heterocycles. The van der Waals surface area contributed by atoms with Gasteiger partial charge in [0.1, 0.15) is 0 Å². The highest BCUT2D eigenvalue weighted by Gasteiger charge is 2.13. The van der Waals surface area contributed by atoms with Crippen LogP contribution in [0.15, 0.2) is 0 Å². The Kier molecular flexibility index (Phi) is 5.68. The van der Waals surface area contributed by atoms with Gasteiger partial charge in [-0.3, -0.25) is 10.4 Å². The Morgan fingerprint density at radius 3 is 2.29 bits per heavy atom. The first kappa shape index (κ1) is 17.7. The third kappa shape index (κ3) is 4.41. The van der Waals surface area contributed by atoms with Gasteiger partial charge in [0.2, 0.25) is 23.1 Å². The van der Waals surface area contributed by atoms with Gasteiger partial charge >= 0.3 is 6.01 Å². The standard InChI is InChI=1S/C12H19ClN10O/c1-6-14-8-17-11(20-12(19-8)24-5)23(4)21-9-15-7(13)16-10(18-9)22(2)3/h6H2,1-5H3,(H,14,17,19,20)(H,15,16,18,21). The van der Waals surface area contributed by atoms with Crippen LogP contribution in [-0.2, 0) is 0 Å². The van der Waals surface area contributed by atoms with Crippen LogP contribution in [0.5, 0.6) is 6.01 Å². The highest BCUT2D eigenvalue weighted by atomic mass is 35.5. The van der Waals surface area contributed by atoms with E-state index in [4.69, 9.17) is 16.3 Å². The van der Waals surface area contributed by atoms with Crippen molar-refractivity contribution in [3.05, 3.63) is 5.28 Å². The van der Waals surface area contributed by atoms with Crippen LogP contribution < -0.4 is 25.4 Å². The SMILES string of the molecule is CCNc1nc(OC)nc(N(C)Nc2nc(Cl)nc(N(C)C)n2)n1. The first-order chi connectivity index (χ1) is 11.4. The summed E-state index contributed by atoms with van der Waals surface area (Å²) in [5.74, 6) is 1.40. The Labute approximate surface area is 144 Å². The molecule has 0 saturated heterocycles. The maximum atomic E-state index is 5.92. The van der Waals surface area contributed by atoms with E-state index in [1.54, 1.807) is 26.0 Å². The molecular weight excluding hydrogens is 336 g/mol. The van der Waals surface area contributed by atoms with Gasteiger partial charge in [-0.1, -0.05) is 0 Å². The predicted molar refractivity (Wildman–Crippen MR) is 91.7 cm³/mol. The van der Waals surface area contributed by atoms with E-state index in [1.807, 2.05) is 6.92 Å². The molecule has 0 aromatic carbocycles. The summed E-state index contributed by atoms with van der Waals surface area (Å²) in [7, 11) is 6.80. The normalized spacial score (nSPS) is 10.2. The number of ether oxygens (including phenoxy) is 1. The minimum absolute atomic E-state index is 0.0752. The van der Waals surface area contributed by atoms with E-state index in [0.29, 0.717) is 24.4 Å². The molecule has 2 N–H and O–H groups in total. The van der Waals surface area contributed by atoms with E-state index < -0.39 is 0 Å². The highest BCUT2D eigenvalue weighted by molar-refractivity contribution is 6.28. The Hall–Kier alpha value is -2.69. The lowest BCUT2D eigenvalue weighted by molar-refractivity contribution is 0.379. The molecule has 2 heterocycles. The highest BCUT2D eigenvalue weighted by Crippen LogP contribution is 2.16. The molecular formula is C12H19ClN10O. The van der Waals surface area contributed by atoms with Crippen molar-refractivity contribution in [2.24, 2.45) is 0 Å². The van der Waals surface area contributed by atoms with Crippen molar-refractivity contribution < 1.29 is 4.74 Å². The van der Waals surface area contributed by atoms with Crippen molar-refractivity contribution in [2.45, 2.75) is 6.92 Å². The Morgan fingerprint density at radius 2 is 1.67 bits per heavy atom. The van der Waals surface area contributed by atoms with Crippen molar-refractivity contribution in [1.82, 2.24) is 29.9 Å². The third-order valence-electron chi connectivity index (χ3n) is 2.68. The molecule has 0 fully saturated rings. The number of hydrogen-bond acceptors (Lipinski definition) is 11. The summed E-state index contributed by atoms with van der Waals surface area (Å²) in [5, 5.41) is 4.61. The minimum Gasteiger partial charge on any atom is -0.467 e. The van der Waals surface area contributed by atoms with Crippen molar-refractivity contribution in [2.75, 3.05) is 55.4 Å². The molecule has 0 amide bonds. The second-order valence-corrected chi connectivity index (χ2v) is 5.11. The number of hydrazine groups is 1. The fourth-order valence-electron chi connectivity index (χ4n) is 1.61. The van der Waals surface area contributed by atoms with Crippen LogP contribution in [0.25, 0.3) is 0 Å². The lowest BCUT2D eigenvalue weighted by atomic mass is 10.7. The molecule has 11 nitrogen and oxygen atoms in total. The number of methoxy groups -OCH3 is 1. The van der Waals surface area contributed by atoms with Crippen molar-refractivity contribution in [1.29, 1.82) is 0 Å². The maximum Gasteiger partial charge on any atom is 0.322 e. The van der Waals surface area contributed by atoms with E-state index in [-0.39, 0.29) is 17.2 Å². The van der Waals surface area contributed by atoms with Gasteiger partial charge < -0.3 is 15.0 Å². The van der Waals surface area contributed by atoms with Crippen LogP contribution in [-0.4, -0.2) is 64.7 Å². The van der Waals surface area contributed by atoms with E-state index in [9.17, 15) is 0 Å². The Morgan fingerprint density at radius 1 is 0.958 bits per heavy atom. The van der Waals surface area contributed by atoms with E-state index >= 15 is 0 Å². The van der Waals surface area contributed by atoms with Crippen LogP contribution in [0.4, 0.5) is 23.8 Å². The molecule has 0 saturated carbocycles. The second kappa shape index (κ2) is 7.73. The van der Waals surface area contributed by atoms with Crippen LogP contribution >= 0.6 is 11.6 Å². The molecule has 2 aromatic heterocycles. The number of halogens is 1. The maximum absolute atomic E-state index is 5.92. The van der Waals surface area contributed by atoms with E-state index in [0.717, 1.165) is 0 Å². The summed E-state index contributed by atoms with van der Waals surface area (Å²) < 4.78 is 5.09. The molecule has 2 rings (SSSR count). The molecule has 0 aliphatic carbocycles. The zero-order valence-electron chi connectivity index (χ0n) is 14.1. The number of rotatable bonds is 7. The van der Waals surface area contributed by atoms with Gasteiger partial charge in [0.15, 0.2) is 0 Å². The average molecular weight is 355 g/mol. The van der Waals surface area contributed by atoms with Gasteiger partial charge in [-0.05, 0) is 18.5 Å². The Balaban J connectivity index is 2.26. The van der Waals surface area contributed by atoms with Crippen molar-refractivity contribution in [3.8, 4) is 6.01 Å². The van der Waals surface area contributed by atoms with Crippen LogP contribution in [0, 0.1) is 0 Å². The number of nitrogens with one attached hydrogen (secondary N) is 2. The zero-order chi connectivity index (χ0) is 17.7. The zero-order valence-corrected chi connectivity index (χ0v) is 14.8. The molecule has 12 heteroatoms. The van der Waals surface area contributed by atoms with Gasteiger partial charge in [-0.15, -0.1) is 0 Å². The summed E-state index contributed by atoms with van der Waals surface area (Å²) in [6, 6.07) is 0.187. The second-order valence-electron chi connectivity index (χ2n) is 4.77. The fraction of sp³-hybridized carbons (Fsp3) is 0.500. The lowest BCUT2D eigenvalue weighted by Gasteiger charge is -2.19. The van der Waals surface area contributed by atoms with Gasteiger partial charge in [-0.25, -0.2) is 0 Å². The lowest BCUT2D eigenvalue weighted by Crippen LogP contribution is -2.29. The summed E-state index contributed by atoms with van der Waals surface area (Å²) in [6.45, 7) is 2.60. The monoisotopic (exact) mass is 354 g/mol. The van der Waals surface area contributed by atoms with Gasteiger partial charge in [0.05, 0.1) is 7.11 Å². The number of anilines is 4. The fourth-order valence-corrected chi connectivity index (χ4v) is 1.77. The largest absolute Gasteiger partial charge is 0.467 e. The quantitative estimate of drug-likeness (QED) is 0.683. The third-order valence-corrected chi connectivity index (χ3v) is 2.85. The van der Waals surface area contributed by atoms with Crippen molar-refractivity contribution >= 4 is 35.4 Å². The molecule has 0 bridgehead atoms.